The van der Waals surface area contributed by atoms with Crippen LogP contribution in [0.4, 0.5) is 0 Å². The Balaban J connectivity index is 2.21. The average molecular weight is 405 g/mol. The van der Waals surface area contributed by atoms with Gasteiger partial charge in [-0.2, -0.15) is 0 Å². The number of carbonyl (C=O) groups is 2. The topological polar surface area (TPSA) is 62.0 Å². The SMILES string of the molecule is CC[C@H](N[C@@H](C)C(=O)c1[nH]c(C)c(C(C)=O)c1C)c1ccc(Br)cc1. The van der Waals surface area contributed by atoms with Crippen LogP contribution in [0.5, 0.6) is 0 Å². The molecule has 0 bridgehead atoms. The fourth-order valence-electron chi connectivity index (χ4n) is 3.26. The van der Waals surface area contributed by atoms with Crippen LogP contribution >= 0.6 is 15.9 Å². The Morgan fingerprint density at radius 1 is 1.20 bits per heavy atom. The summed E-state index contributed by atoms with van der Waals surface area (Å²) in [6.07, 6.45) is 0.876. The van der Waals surface area contributed by atoms with Crippen LogP contribution < -0.4 is 5.32 Å². The third-order valence-electron chi connectivity index (χ3n) is 4.56. The molecule has 0 spiro atoms. The van der Waals surface area contributed by atoms with Crippen LogP contribution in [0.1, 0.15) is 70.9 Å². The number of aryl methyl sites for hydroxylation is 1. The normalized spacial score (nSPS) is 13.5. The van der Waals surface area contributed by atoms with Gasteiger partial charge in [-0.05, 0) is 57.4 Å². The Morgan fingerprint density at radius 3 is 2.28 bits per heavy atom. The molecule has 0 fully saturated rings. The number of rotatable bonds is 7. The third-order valence-corrected chi connectivity index (χ3v) is 5.09. The van der Waals surface area contributed by atoms with Crippen molar-refractivity contribution in [1.29, 1.82) is 0 Å². The summed E-state index contributed by atoms with van der Waals surface area (Å²) in [6.45, 7) is 9.14. The number of carbonyl (C=O) groups excluding carboxylic acids is 2. The van der Waals surface area contributed by atoms with E-state index in [-0.39, 0.29) is 23.7 Å². The van der Waals surface area contributed by atoms with Gasteiger partial charge in [0.05, 0.1) is 11.7 Å². The van der Waals surface area contributed by atoms with E-state index in [9.17, 15) is 9.59 Å². The number of halogens is 1. The molecule has 0 aliphatic carbocycles. The minimum atomic E-state index is -0.356. The van der Waals surface area contributed by atoms with E-state index >= 15 is 0 Å². The third kappa shape index (κ3) is 4.28. The molecule has 1 heterocycles. The Bertz CT molecular complexity index is 778. The fraction of sp³-hybridized carbons (Fsp3) is 0.400. The fourth-order valence-corrected chi connectivity index (χ4v) is 3.53. The Hall–Kier alpha value is -1.72. The molecule has 25 heavy (non-hydrogen) atoms. The van der Waals surface area contributed by atoms with E-state index in [0.717, 1.165) is 27.7 Å². The zero-order valence-corrected chi connectivity index (χ0v) is 17.0. The Kier molecular flexibility index (Phi) is 6.36. The van der Waals surface area contributed by atoms with Gasteiger partial charge in [0.1, 0.15) is 0 Å². The van der Waals surface area contributed by atoms with Gasteiger partial charge < -0.3 is 10.3 Å². The standard InChI is InChI=1S/C20H25BrN2O2/c1-6-17(15-7-9-16(21)10-8-15)22-13(4)20(25)19-11(2)18(14(5)24)12(3)23-19/h7-10,13,17,22-23H,6H2,1-5H3/t13-,17-/m0/s1. The summed E-state index contributed by atoms with van der Waals surface area (Å²) in [7, 11) is 0. The molecule has 2 atom stereocenters. The second kappa shape index (κ2) is 8.11. The molecule has 0 aliphatic heterocycles. The number of hydrogen-bond acceptors (Lipinski definition) is 3. The lowest BCUT2D eigenvalue weighted by molar-refractivity contribution is 0.0938. The maximum absolute atomic E-state index is 12.9. The lowest BCUT2D eigenvalue weighted by atomic mass is 10.00. The summed E-state index contributed by atoms with van der Waals surface area (Å²) < 4.78 is 1.03. The van der Waals surface area contributed by atoms with Gasteiger partial charge in [0.2, 0.25) is 0 Å². The molecular formula is C20H25BrN2O2. The molecule has 1 aromatic heterocycles. The second-order valence-electron chi connectivity index (χ2n) is 6.45. The van der Waals surface area contributed by atoms with Gasteiger partial charge >= 0.3 is 0 Å². The van der Waals surface area contributed by atoms with Crippen molar-refractivity contribution in [2.75, 3.05) is 0 Å². The predicted octanol–water partition coefficient (Wildman–Crippen LogP) is 4.91. The number of hydrogen-bond donors (Lipinski definition) is 2. The van der Waals surface area contributed by atoms with Crippen LogP contribution in [0.3, 0.4) is 0 Å². The van der Waals surface area contributed by atoms with Crippen LogP contribution in [-0.2, 0) is 0 Å². The van der Waals surface area contributed by atoms with Crippen LogP contribution in [0.15, 0.2) is 28.7 Å². The number of nitrogens with one attached hydrogen (secondary N) is 2. The van der Waals surface area contributed by atoms with Gasteiger partial charge in [0.25, 0.3) is 0 Å². The first-order chi connectivity index (χ1) is 11.8. The monoisotopic (exact) mass is 404 g/mol. The second-order valence-corrected chi connectivity index (χ2v) is 7.36. The molecule has 0 amide bonds. The van der Waals surface area contributed by atoms with Gasteiger partial charge in [-0.25, -0.2) is 0 Å². The van der Waals surface area contributed by atoms with Crippen LogP contribution in [0.25, 0.3) is 0 Å². The lowest BCUT2D eigenvalue weighted by Gasteiger charge is -2.22. The van der Waals surface area contributed by atoms with Crippen LogP contribution in [0, 0.1) is 13.8 Å². The number of aromatic nitrogens is 1. The van der Waals surface area contributed by atoms with Crippen molar-refractivity contribution in [3.05, 3.63) is 56.8 Å². The van der Waals surface area contributed by atoms with E-state index < -0.39 is 0 Å². The first kappa shape index (κ1) is 19.6. The summed E-state index contributed by atoms with van der Waals surface area (Å²) in [5, 5.41) is 3.42. The first-order valence-electron chi connectivity index (χ1n) is 8.52. The molecule has 2 N–H and O–H groups in total. The summed E-state index contributed by atoms with van der Waals surface area (Å²) in [4.78, 5) is 27.8. The smallest absolute Gasteiger partial charge is 0.195 e. The van der Waals surface area contributed by atoms with Crippen molar-refractivity contribution >= 4 is 27.5 Å². The minimum absolute atomic E-state index is 0.0211. The van der Waals surface area contributed by atoms with E-state index in [1.807, 2.05) is 32.9 Å². The zero-order valence-electron chi connectivity index (χ0n) is 15.4. The van der Waals surface area contributed by atoms with E-state index in [4.69, 9.17) is 0 Å². The summed E-state index contributed by atoms with van der Waals surface area (Å²) in [6, 6.07) is 7.86. The van der Waals surface area contributed by atoms with Gasteiger partial charge in [-0.1, -0.05) is 35.0 Å². The van der Waals surface area contributed by atoms with Gasteiger partial charge in [-0.3, -0.25) is 9.59 Å². The van der Waals surface area contributed by atoms with Gasteiger partial charge in [0.15, 0.2) is 11.6 Å². The highest BCUT2D eigenvalue weighted by molar-refractivity contribution is 9.10. The lowest BCUT2D eigenvalue weighted by Crippen LogP contribution is -2.37. The van der Waals surface area contributed by atoms with Gasteiger partial charge in [0, 0.05) is 21.8 Å². The molecule has 0 saturated heterocycles. The molecule has 5 heteroatoms. The van der Waals surface area contributed by atoms with Gasteiger partial charge in [-0.15, -0.1) is 0 Å². The van der Waals surface area contributed by atoms with Crippen LogP contribution in [0.2, 0.25) is 0 Å². The molecule has 1 aromatic carbocycles. The van der Waals surface area contributed by atoms with Crippen molar-refractivity contribution in [3.8, 4) is 0 Å². The van der Waals surface area contributed by atoms with E-state index in [1.165, 1.54) is 6.92 Å². The molecule has 134 valence electrons. The van der Waals surface area contributed by atoms with Crippen molar-refractivity contribution in [3.63, 3.8) is 0 Å². The molecule has 2 rings (SSSR count). The number of Topliss-reactive ketones (excluding diaryl/α,β-unsaturated/α-hetero) is 2. The van der Waals surface area contributed by atoms with Crippen molar-refractivity contribution in [2.24, 2.45) is 0 Å². The number of H-pyrrole nitrogens is 1. The quantitative estimate of drug-likeness (QED) is 0.644. The molecule has 0 saturated carbocycles. The highest BCUT2D eigenvalue weighted by Gasteiger charge is 2.25. The van der Waals surface area contributed by atoms with E-state index in [0.29, 0.717) is 11.3 Å². The maximum atomic E-state index is 12.9. The largest absolute Gasteiger partial charge is 0.355 e. The molecule has 0 unspecified atom stereocenters. The Morgan fingerprint density at radius 2 is 1.80 bits per heavy atom. The number of aromatic amines is 1. The molecule has 4 nitrogen and oxygen atoms in total. The molecule has 0 aliphatic rings. The molecular weight excluding hydrogens is 380 g/mol. The highest BCUT2D eigenvalue weighted by Crippen LogP contribution is 2.23. The van der Waals surface area contributed by atoms with Crippen molar-refractivity contribution in [2.45, 2.75) is 53.1 Å². The Labute approximate surface area is 157 Å². The van der Waals surface area contributed by atoms with E-state index in [1.54, 1.807) is 0 Å². The summed E-state index contributed by atoms with van der Waals surface area (Å²) in [5.74, 6) is -0.0455. The summed E-state index contributed by atoms with van der Waals surface area (Å²) >= 11 is 3.44. The minimum Gasteiger partial charge on any atom is -0.355 e. The number of benzene rings is 1. The van der Waals surface area contributed by atoms with E-state index in [2.05, 4.69) is 45.3 Å². The zero-order chi connectivity index (χ0) is 18.7. The summed E-state index contributed by atoms with van der Waals surface area (Å²) in [5.41, 5.74) is 3.78. The predicted molar refractivity (Wildman–Crippen MR) is 104 cm³/mol. The first-order valence-corrected chi connectivity index (χ1v) is 9.31. The maximum Gasteiger partial charge on any atom is 0.195 e. The van der Waals surface area contributed by atoms with Crippen molar-refractivity contribution in [1.82, 2.24) is 10.3 Å². The van der Waals surface area contributed by atoms with Crippen LogP contribution in [-0.4, -0.2) is 22.6 Å². The molecule has 0 radical (unpaired) electrons. The highest BCUT2D eigenvalue weighted by atomic mass is 79.9. The van der Waals surface area contributed by atoms with Crippen molar-refractivity contribution < 1.29 is 9.59 Å². The molecule has 2 aromatic rings. The number of ketones is 2. The average Bonchev–Trinajstić information content (AvgIpc) is 2.87.